The second-order valence-electron chi connectivity index (χ2n) is 6.26. The molecule has 0 spiro atoms. The Morgan fingerprint density at radius 3 is 2.21 bits per heavy atom. The zero-order chi connectivity index (χ0) is 19.3. The molecule has 28 heavy (non-hydrogen) atoms. The molecule has 140 valence electrons. The van der Waals surface area contributed by atoms with Crippen LogP contribution in [0.25, 0.3) is 10.9 Å². The van der Waals surface area contributed by atoms with Crippen LogP contribution in [0.3, 0.4) is 0 Å². The summed E-state index contributed by atoms with van der Waals surface area (Å²) in [5, 5.41) is 3.90. The van der Waals surface area contributed by atoms with Crippen LogP contribution in [0.1, 0.15) is 5.56 Å². The first-order valence-corrected chi connectivity index (χ1v) is 8.84. The third-order valence-electron chi connectivity index (χ3n) is 4.28. The molecule has 0 saturated carbocycles. The van der Waals surface area contributed by atoms with Gasteiger partial charge >= 0.3 is 0 Å². The summed E-state index contributed by atoms with van der Waals surface area (Å²) in [6, 6.07) is 18.0. The molecule has 0 aliphatic heterocycles. The quantitative estimate of drug-likeness (QED) is 0.492. The highest BCUT2D eigenvalue weighted by Gasteiger charge is 2.05. The maximum absolute atomic E-state index is 13.5. The van der Waals surface area contributed by atoms with E-state index in [9.17, 15) is 8.78 Å². The van der Waals surface area contributed by atoms with Crippen molar-refractivity contribution in [3.8, 4) is 11.5 Å². The summed E-state index contributed by atoms with van der Waals surface area (Å²) in [6.45, 7) is 0.640. The Morgan fingerprint density at radius 1 is 0.786 bits per heavy atom. The number of nitrogens with one attached hydrogen (secondary N) is 1. The predicted molar refractivity (Wildman–Crippen MR) is 105 cm³/mol. The Hall–Kier alpha value is -3.54. The van der Waals surface area contributed by atoms with Gasteiger partial charge in [0.1, 0.15) is 35.3 Å². The molecule has 3 aromatic carbocycles. The molecule has 1 N–H and O–H groups in total. The smallest absolute Gasteiger partial charge is 0.137 e. The first kappa shape index (κ1) is 17.9. The minimum atomic E-state index is -0.318. The standard InChI is InChI=1S/C22H17F2N3O/c23-16-3-8-19(9-4-16)28-18-6-1-15(2-7-18)11-12-25-22-20-13-17(24)5-10-21(20)26-14-27-22/h1-10,13-14H,11-12H2,(H,25,26,27). The highest BCUT2D eigenvalue weighted by Crippen LogP contribution is 2.23. The number of anilines is 1. The number of aromatic nitrogens is 2. The SMILES string of the molecule is Fc1ccc(Oc2ccc(CCNc3ncnc4ccc(F)cc34)cc2)cc1. The van der Waals surface area contributed by atoms with Crippen molar-refractivity contribution in [1.82, 2.24) is 9.97 Å². The van der Waals surface area contributed by atoms with Crippen LogP contribution in [0.2, 0.25) is 0 Å². The van der Waals surface area contributed by atoms with Crippen LogP contribution >= 0.6 is 0 Å². The van der Waals surface area contributed by atoms with Gasteiger partial charge in [0, 0.05) is 11.9 Å². The molecule has 0 saturated heterocycles. The van der Waals surface area contributed by atoms with Gasteiger partial charge in [0.25, 0.3) is 0 Å². The molecule has 4 aromatic rings. The summed E-state index contributed by atoms with van der Waals surface area (Å²) in [6.07, 6.45) is 2.22. The minimum Gasteiger partial charge on any atom is -0.457 e. The fourth-order valence-corrected chi connectivity index (χ4v) is 2.86. The minimum absolute atomic E-state index is 0.297. The van der Waals surface area contributed by atoms with E-state index >= 15 is 0 Å². The van der Waals surface area contributed by atoms with Crippen molar-refractivity contribution in [3.05, 3.63) is 90.3 Å². The third kappa shape index (κ3) is 4.23. The average Bonchev–Trinajstić information content (AvgIpc) is 2.71. The summed E-state index contributed by atoms with van der Waals surface area (Å²) in [5.74, 6) is 1.26. The number of hydrogen-bond acceptors (Lipinski definition) is 4. The summed E-state index contributed by atoms with van der Waals surface area (Å²) in [4.78, 5) is 8.36. The van der Waals surface area contributed by atoms with E-state index in [0.29, 0.717) is 34.8 Å². The van der Waals surface area contributed by atoms with Gasteiger partial charge in [-0.15, -0.1) is 0 Å². The van der Waals surface area contributed by atoms with Gasteiger partial charge in [-0.25, -0.2) is 18.7 Å². The Kier molecular flexibility index (Phi) is 5.10. The lowest BCUT2D eigenvalue weighted by Crippen LogP contribution is -2.07. The van der Waals surface area contributed by atoms with Gasteiger partial charge in [-0.05, 0) is 66.6 Å². The molecule has 0 amide bonds. The number of halogens is 2. The Morgan fingerprint density at radius 2 is 1.46 bits per heavy atom. The van der Waals surface area contributed by atoms with Crippen molar-refractivity contribution in [1.29, 1.82) is 0 Å². The summed E-state index contributed by atoms with van der Waals surface area (Å²) in [5.41, 5.74) is 1.81. The van der Waals surface area contributed by atoms with Crippen molar-refractivity contribution in [2.75, 3.05) is 11.9 Å². The molecule has 0 bridgehead atoms. The van der Waals surface area contributed by atoms with Crippen LogP contribution in [0.4, 0.5) is 14.6 Å². The molecule has 1 heterocycles. The van der Waals surface area contributed by atoms with E-state index < -0.39 is 0 Å². The number of ether oxygens (including phenoxy) is 1. The molecular weight excluding hydrogens is 360 g/mol. The highest BCUT2D eigenvalue weighted by molar-refractivity contribution is 5.88. The molecule has 1 aromatic heterocycles. The van der Waals surface area contributed by atoms with Crippen LogP contribution in [-0.2, 0) is 6.42 Å². The van der Waals surface area contributed by atoms with Gasteiger partial charge in [0.2, 0.25) is 0 Å². The van der Waals surface area contributed by atoms with Gasteiger partial charge in [0.15, 0.2) is 0 Å². The Bertz CT molecular complexity index is 1080. The first-order valence-electron chi connectivity index (χ1n) is 8.84. The van der Waals surface area contributed by atoms with E-state index in [1.54, 1.807) is 18.2 Å². The van der Waals surface area contributed by atoms with Crippen LogP contribution in [0, 0.1) is 11.6 Å². The van der Waals surface area contributed by atoms with Gasteiger partial charge in [-0.2, -0.15) is 0 Å². The van der Waals surface area contributed by atoms with Gasteiger partial charge < -0.3 is 10.1 Å². The topological polar surface area (TPSA) is 47.0 Å². The number of rotatable bonds is 6. The molecule has 0 aliphatic rings. The van der Waals surface area contributed by atoms with Crippen LogP contribution in [-0.4, -0.2) is 16.5 Å². The monoisotopic (exact) mass is 377 g/mol. The lowest BCUT2D eigenvalue weighted by Gasteiger charge is -2.09. The van der Waals surface area contributed by atoms with E-state index in [-0.39, 0.29) is 11.6 Å². The van der Waals surface area contributed by atoms with Gasteiger partial charge in [-0.3, -0.25) is 0 Å². The number of nitrogens with zero attached hydrogens (tertiary/aromatic N) is 2. The van der Waals surface area contributed by atoms with Crippen LogP contribution < -0.4 is 10.1 Å². The zero-order valence-electron chi connectivity index (χ0n) is 14.9. The molecule has 0 unspecified atom stereocenters. The first-order chi connectivity index (χ1) is 13.7. The largest absolute Gasteiger partial charge is 0.457 e. The molecule has 0 aliphatic carbocycles. The maximum atomic E-state index is 13.5. The van der Waals surface area contributed by atoms with Gasteiger partial charge in [-0.1, -0.05) is 12.1 Å². The predicted octanol–water partition coefficient (Wildman–Crippen LogP) is 5.35. The molecule has 0 radical (unpaired) electrons. The average molecular weight is 377 g/mol. The van der Waals surface area contributed by atoms with Crippen LogP contribution in [0.15, 0.2) is 73.1 Å². The number of benzene rings is 3. The van der Waals surface area contributed by atoms with Gasteiger partial charge in [0.05, 0.1) is 5.52 Å². The molecule has 4 nitrogen and oxygen atoms in total. The molecule has 6 heteroatoms. The van der Waals surface area contributed by atoms with E-state index in [2.05, 4.69) is 15.3 Å². The second-order valence-corrected chi connectivity index (χ2v) is 6.26. The molecular formula is C22H17F2N3O. The molecule has 0 fully saturated rings. The van der Waals surface area contributed by atoms with E-state index in [0.717, 1.165) is 12.0 Å². The van der Waals surface area contributed by atoms with E-state index in [1.165, 1.54) is 30.6 Å². The van der Waals surface area contributed by atoms with E-state index in [4.69, 9.17) is 4.74 Å². The second kappa shape index (κ2) is 8.00. The highest BCUT2D eigenvalue weighted by atomic mass is 19.1. The van der Waals surface area contributed by atoms with Crippen LogP contribution in [0.5, 0.6) is 11.5 Å². The Balaban J connectivity index is 1.37. The van der Waals surface area contributed by atoms with Crippen molar-refractivity contribution in [3.63, 3.8) is 0 Å². The summed E-state index contributed by atoms with van der Waals surface area (Å²) >= 11 is 0. The fraction of sp³-hybridized carbons (Fsp3) is 0.0909. The number of fused-ring (bicyclic) bond motifs is 1. The number of hydrogen-bond donors (Lipinski definition) is 1. The van der Waals surface area contributed by atoms with Crippen molar-refractivity contribution in [2.24, 2.45) is 0 Å². The fourth-order valence-electron chi connectivity index (χ4n) is 2.86. The van der Waals surface area contributed by atoms with Crippen molar-refractivity contribution >= 4 is 16.7 Å². The lowest BCUT2D eigenvalue weighted by molar-refractivity contribution is 0.480. The molecule has 4 rings (SSSR count). The molecule has 0 atom stereocenters. The third-order valence-corrected chi connectivity index (χ3v) is 4.28. The summed E-state index contributed by atoms with van der Waals surface area (Å²) in [7, 11) is 0. The van der Waals surface area contributed by atoms with Crippen molar-refractivity contribution < 1.29 is 13.5 Å². The zero-order valence-corrected chi connectivity index (χ0v) is 14.9. The summed E-state index contributed by atoms with van der Waals surface area (Å²) < 4.78 is 32.1. The van der Waals surface area contributed by atoms with Crippen molar-refractivity contribution in [2.45, 2.75) is 6.42 Å². The normalized spacial score (nSPS) is 10.8. The Labute approximate surface area is 160 Å². The van der Waals surface area contributed by atoms with E-state index in [1.807, 2.05) is 24.3 Å². The lowest BCUT2D eigenvalue weighted by atomic mass is 10.1. The maximum Gasteiger partial charge on any atom is 0.137 e.